The Morgan fingerprint density at radius 2 is 2.11 bits per heavy atom. The van der Waals surface area contributed by atoms with Gasteiger partial charge in [-0.25, -0.2) is 0 Å². The number of fused-ring (bicyclic) bond motifs is 1. The van der Waals surface area contributed by atoms with Gasteiger partial charge in [0, 0.05) is 45.3 Å². The summed E-state index contributed by atoms with van der Waals surface area (Å²) in [7, 11) is 1.83. The molecule has 1 unspecified atom stereocenters. The molecule has 1 fully saturated rings. The average molecular weight is 372 g/mol. The van der Waals surface area contributed by atoms with Crippen LogP contribution in [0.4, 0.5) is 0 Å². The van der Waals surface area contributed by atoms with Crippen LogP contribution in [0.15, 0.2) is 29.4 Å². The smallest absolute Gasteiger partial charge is 0.191 e. The Morgan fingerprint density at radius 1 is 1.22 bits per heavy atom. The molecule has 0 aromatic carbocycles. The van der Waals surface area contributed by atoms with E-state index in [2.05, 4.69) is 42.0 Å². The number of piperidine rings is 1. The summed E-state index contributed by atoms with van der Waals surface area (Å²) in [6, 6.07) is 6.73. The quantitative estimate of drug-likeness (QED) is 0.422. The lowest BCUT2D eigenvalue weighted by Crippen LogP contribution is -2.46. The van der Waals surface area contributed by atoms with E-state index in [1.807, 2.05) is 31.4 Å². The van der Waals surface area contributed by atoms with Crippen LogP contribution in [0, 0.1) is 0 Å². The van der Waals surface area contributed by atoms with Gasteiger partial charge in [-0.3, -0.25) is 14.3 Å². The topological polar surface area (TPSA) is 69.8 Å². The van der Waals surface area contributed by atoms with E-state index in [0.717, 1.165) is 55.9 Å². The number of hydrogen-bond acceptors (Lipinski definition) is 4. The molecule has 3 rings (SSSR count). The van der Waals surface area contributed by atoms with Crippen LogP contribution in [0.5, 0.6) is 0 Å². The highest BCUT2D eigenvalue weighted by molar-refractivity contribution is 5.79. The van der Waals surface area contributed by atoms with E-state index in [-0.39, 0.29) is 0 Å². The first-order valence-electron chi connectivity index (χ1n) is 10.3. The van der Waals surface area contributed by atoms with Gasteiger partial charge in [0.15, 0.2) is 11.6 Å². The summed E-state index contributed by atoms with van der Waals surface area (Å²) in [6.45, 7) is 6.42. The number of pyridine rings is 1. The lowest BCUT2D eigenvalue weighted by molar-refractivity contribution is 0.147. The second-order valence-electron chi connectivity index (χ2n) is 7.17. The number of hydrogen-bond donors (Lipinski definition) is 2. The van der Waals surface area contributed by atoms with Gasteiger partial charge in [-0.15, -0.1) is 10.2 Å². The second kappa shape index (κ2) is 10.3. The van der Waals surface area contributed by atoms with Gasteiger partial charge in [0.25, 0.3) is 0 Å². The molecule has 27 heavy (non-hydrogen) atoms. The maximum Gasteiger partial charge on any atom is 0.191 e. The zero-order valence-corrected chi connectivity index (χ0v) is 16.7. The molecule has 148 valence electrons. The summed E-state index contributed by atoms with van der Waals surface area (Å²) in [5.41, 5.74) is 0.904. The Kier molecular flexibility index (Phi) is 7.45. The SMILES string of the molecule is CCC1CCCCN1CCNC(=NC)NCCCc1nnc2ccccn12. The number of likely N-dealkylation sites (tertiary alicyclic amines) is 1. The van der Waals surface area contributed by atoms with Gasteiger partial charge in [0.05, 0.1) is 0 Å². The molecule has 0 spiro atoms. The van der Waals surface area contributed by atoms with Crippen molar-refractivity contribution in [2.75, 3.05) is 33.2 Å². The highest BCUT2D eigenvalue weighted by atomic mass is 15.2. The minimum absolute atomic E-state index is 0.758. The van der Waals surface area contributed by atoms with Gasteiger partial charge >= 0.3 is 0 Å². The Hall–Kier alpha value is -2.15. The van der Waals surface area contributed by atoms with Crippen LogP contribution in [-0.2, 0) is 6.42 Å². The molecule has 0 saturated carbocycles. The summed E-state index contributed by atoms with van der Waals surface area (Å²) in [4.78, 5) is 6.96. The van der Waals surface area contributed by atoms with Gasteiger partial charge in [-0.05, 0) is 44.4 Å². The predicted octanol–water partition coefficient (Wildman–Crippen LogP) is 2.09. The Bertz CT molecular complexity index is 724. The Morgan fingerprint density at radius 3 is 2.96 bits per heavy atom. The van der Waals surface area contributed by atoms with Crippen molar-refractivity contribution in [1.29, 1.82) is 0 Å². The highest BCUT2D eigenvalue weighted by Gasteiger charge is 2.19. The third-order valence-corrected chi connectivity index (χ3v) is 5.39. The van der Waals surface area contributed by atoms with Crippen molar-refractivity contribution in [1.82, 2.24) is 30.1 Å². The fourth-order valence-electron chi connectivity index (χ4n) is 3.87. The van der Waals surface area contributed by atoms with Crippen molar-refractivity contribution in [3.63, 3.8) is 0 Å². The van der Waals surface area contributed by atoms with E-state index in [4.69, 9.17) is 0 Å². The summed E-state index contributed by atoms with van der Waals surface area (Å²) in [5, 5.41) is 15.3. The molecule has 1 aliphatic rings. The molecule has 3 heterocycles. The van der Waals surface area contributed by atoms with E-state index in [0.29, 0.717) is 0 Å². The molecule has 0 aliphatic carbocycles. The molecule has 1 aliphatic heterocycles. The van der Waals surface area contributed by atoms with E-state index < -0.39 is 0 Å². The van der Waals surface area contributed by atoms with Gasteiger partial charge in [-0.2, -0.15) is 0 Å². The first-order chi connectivity index (χ1) is 13.3. The van der Waals surface area contributed by atoms with Crippen molar-refractivity contribution in [3.8, 4) is 0 Å². The summed E-state index contributed by atoms with van der Waals surface area (Å²) in [6.07, 6.45) is 9.21. The van der Waals surface area contributed by atoms with Crippen LogP contribution in [0.3, 0.4) is 0 Å². The lowest BCUT2D eigenvalue weighted by Gasteiger charge is -2.35. The zero-order valence-electron chi connectivity index (χ0n) is 16.7. The maximum atomic E-state index is 4.34. The number of rotatable bonds is 8. The largest absolute Gasteiger partial charge is 0.356 e. The first-order valence-corrected chi connectivity index (χ1v) is 10.3. The molecule has 1 atom stereocenters. The summed E-state index contributed by atoms with van der Waals surface area (Å²) in [5.74, 6) is 1.89. The Labute approximate surface area is 162 Å². The number of guanidine groups is 1. The number of aryl methyl sites for hydroxylation is 1. The predicted molar refractivity (Wildman–Crippen MR) is 110 cm³/mol. The van der Waals surface area contributed by atoms with Crippen molar-refractivity contribution >= 4 is 11.6 Å². The van der Waals surface area contributed by atoms with Gasteiger partial charge in [0.1, 0.15) is 5.82 Å². The number of nitrogens with one attached hydrogen (secondary N) is 2. The molecule has 7 heteroatoms. The minimum atomic E-state index is 0.758. The van der Waals surface area contributed by atoms with Crippen molar-refractivity contribution in [2.45, 2.75) is 51.5 Å². The van der Waals surface area contributed by atoms with Crippen LogP contribution in [-0.4, -0.2) is 64.7 Å². The van der Waals surface area contributed by atoms with Crippen LogP contribution < -0.4 is 10.6 Å². The fraction of sp³-hybridized carbons (Fsp3) is 0.650. The molecule has 0 bridgehead atoms. The number of aromatic nitrogens is 3. The Balaban J connectivity index is 1.35. The molecule has 2 aromatic heterocycles. The van der Waals surface area contributed by atoms with E-state index in [1.165, 1.54) is 32.2 Å². The van der Waals surface area contributed by atoms with Crippen molar-refractivity contribution < 1.29 is 0 Å². The summed E-state index contributed by atoms with van der Waals surface area (Å²) < 4.78 is 2.05. The fourth-order valence-corrected chi connectivity index (χ4v) is 3.87. The molecule has 2 aromatic rings. The average Bonchev–Trinajstić information content (AvgIpc) is 3.13. The van der Waals surface area contributed by atoms with E-state index >= 15 is 0 Å². The zero-order chi connectivity index (χ0) is 18.9. The molecule has 2 N–H and O–H groups in total. The lowest BCUT2D eigenvalue weighted by atomic mass is 10.0. The molecule has 1 saturated heterocycles. The molecule has 7 nitrogen and oxygen atoms in total. The van der Waals surface area contributed by atoms with Crippen LogP contribution in [0.1, 0.15) is 44.9 Å². The minimum Gasteiger partial charge on any atom is -0.356 e. The van der Waals surface area contributed by atoms with Crippen LogP contribution >= 0.6 is 0 Å². The van der Waals surface area contributed by atoms with Gasteiger partial charge in [-0.1, -0.05) is 19.4 Å². The first kappa shape index (κ1) is 19.6. The number of nitrogens with zero attached hydrogens (tertiary/aromatic N) is 5. The van der Waals surface area contributed by atoms with E-state index in [1.54, 1.807) is 0 Å². The number of aliphatic imine (C=N–C) groups is 1. The maximum absolute atomic E-state index is 4.34. The molecular formula is C20H33N7. The van der Waals surface area contributed by atoms with Gasteiger partial charge < -0.3 is 10.6 Å². The standard InChI is InChI=1S/C20H33N7/c1-3-17-9-4-6-14-26(17)16-13-23-20(21-2)22-12-8-11-19-25-24-18-10-5-7-15-27(18)19/h5,7,10,15,17H,3-4,6,8-9,11-14,16H2,1-2H3,(H2,21,22,23). The van der Waals surface area contributed by atoms with E-state index in [9.17, 15) is 0 Å². The van der Waals surface area contributed by atoms with Gasteiger partial charge in [0.2, 0.25) is 0 Å². The van der Waals surface area contributed by atoms with Crippen LogP contribution in [0.25, 0.3) is 5.65 Å². The third kappa shape index (κ3) is 5.42. The van der Waals surface area contributed by atoms with Crippen molar-refractivity contribution in [3.05, 3.63) is 30.2 Å². The molecule has 0 amide bonds. The summed E-state index contributed by atoms with van der Waals surface area (Å²) >= 11 is 0. The van der Waals surface area contributed by atoms with Crippen molar-refractivity contribution in [2.24, 2.45) is 4.99 Å². The highest BCUT2D eigenvalue weighted by Crippen LogP contribution is 2.18. The second-order valence-corrected chi connectivity index (χ2v) is 7.17. The third-order valence-electron chi connectivity index (χ3n) is 5.39. The normalized spacial score (nSPS) is 18.7. The monoisotopic (exact) mass is 371 g/mol. The molecular weight excluding hydrogens is 338 g/mol. The molecule has 0 radical (unpaired) electrons. The van der Waals surface area contributed by atoms with Crippen LogP contribution in [0.2, 0.25) is 0 Å².